The minimum Gasteiger partial charge on any atom is -0.448 e. The largest absolute Gasteiger partial charge is 0.448 e. The van der Waals surface area contributed by atoms with Crippen LogP contribution in [-0.4, -0.2) is 27.4 Å². The summed E-state index contributed by atoms with van der Waals surface area (Å²) in [4.78, 5) is 38.7. The summed E-state index contributed by atoms with van der Waals surface area (Å²) >= 11 is 0.768. The van der Waals surface area contributed by atoms with E-state index >= 15 is 0 Å². The van der Waals surface area contributed by atoms with Crippen LogP contribution in [0.3, 0.4) is 0 Å². The molecule has 118 valence electrons. The van der Waals surface area contributed by atoms with Crippen molar-refractivity contribution < 1.29 is 19.2 Å². The van der Waals surface area contributed by atoms with E-state index in [2.05, 4.69) is 10.3 Å². The Morgan fingerprint density at radius 3 is 2.59 bits per heavy atom. The van der Waals surface area contributed by atoms with Gasteiger partial charge in [0.15, 0.2) is 10.7 Å². The number of hydrogen-bond donors (Lipinski definition) is 1. The summed E-state index contributed by atoms with van der Waals surface area (Å²) in [6, 6.07) is 0. The van der Waals surface area contributed by atoms with E-state index in [0.29, 0.717) is 12.8 Å². The van der Waals surface area contributed by atoms with Gasteiger partial charge in [-0.1, -0.05) is 13.8 Å². The number of aromatic nitrogens is 1. The van der Waals surface area contributed by atoms with Crippen molar-refractivity contribution in [3.63, 3.8) is 0 Å². The highest BCUT2D eigenvalue weighted by atomic mass is 32.1. The molecule has 1 saturated carbocycles. The third-order valence-electron chi connectivity index (χ3n) is 5.34. The molecule has 2 atom stereocenters. The van der Waals surface area contributed by atoms with Crippen molar-refractivity contribution in [1.82, 2.24) is 4.98 Å². The second kappa shape index (κ2) is 4.25. The van der Waals surface area contributed by atoms with Crippen LogP contribution in [0.2, 0.25) is 0 Å². The van der Waals surface area contributed by atoms with Crippen molar-refractivity contribution in [1.29, 1.82) is 0 Å². The quantitative estimate of drug-likeness (QED) is 0.517. The molecule has 1 aromatic heterocycles. The lowest BCUT2D eigenvalue weighted by Gasteiger charge is -2.34. The summed E-state index contributed by atoms with van der Waals surface area (Å²) < 4.78 is 5.45. The number of amides is 1. The molecule has 1 aliphatic carbocycles. The summed E-state index contributed by atoms with van der Waals surface area (Å²) in [5, 5.41) is 13.2. The molecule has 8 nitrogen and oxygen atoms in total. The number of thiazole rings is 1. The number of nitrogens with zero attached hydrogens (tertiary/aromatic N) is 2. The van der Waals surface area contributed by atoms with Gasteiger partial charge in [-0.25, -0.2) is 4.98 Å². The molecule has 9 heteroatoms. The molecule has 0 unspecified atom stereocenters. The summed E-state index contributed by atoms with van der Waals surface area (Å²) in [6.45, 7) is 5.50. The van der Waals surface area contributed by atoms with Crippen molar-refractivity contribution in [3.8, 4) is 0 Å². The van der Waals surface area contributed by atoms with Crippen LogP contribution in [-0.2, 0) is 14.3 Å². The molecular formula is C13H15N3O5S. The molecule has 1 N–H and O–H groups in total. The van der Waals surface area contributed by atoms with Crippen molar-refractivity contribution in [3.05, 3.63) is 16.3 Å². The number of rotatable bonds is 3. The van der Waals surface area contributed by atoms with Crippen molar-refractivity contribution >= 4 is 33.3 Å². The van der Waals surface area contributed by atoms with Crippen LogP contribution in [0.15, 0.2) is 6.20 Å². The highest BCUT2D eigenvalue weighted by Crippen LogP contribution is 2.65. The fraction of sp³-hybridized carbons (Fsp3) is 0.615. The maximum atomic E-state index is 12.7. The minimum atomic E-state index is -1.25. The first-order chi connectivity index (χ1) is 10.1. The molecule has 0 spiro atoms. The monoisotopic (exact) mass is 325 g/mol. The van der Waals surface area contributed by atoms with E-state index in [1.54, 1.807) is 0 Å². The molecule has 2 bridgehead atoms. The van der Waals surface area contributed by atoms with Crippen LogP contribution < -0.4 is 5.32 Å². The van der Waals surface area contributed by atoms with E-state index in [-0.39, 0.29) is 16.1 Å². The standard InChI is InChI=1S/C13H15N3O5S/c1-11(2)12(3)4-5-13(11,21-9(12)18)8(17)15-10-14-6-7(22-10)16(19)20/h6H,4-5H2,1-3H3,(H,14,15,17)/t12-,13-/m0/s1. The Hall–Kier alpha value is -2.03. The van der Waals surface area contributed by atoms with E-state index in [4.69, 9.17) is 4.74 Å². The summed E-state index contributed by atoms with van der Waals surface area (Å²) in [5.74, 6) is -0.847. The van der Waals surface area contributed by atoms with Gasteiger partial charge in [0.1, 0.15) is 6.20 Å². The molecule has 2 aliphatic rings. The number of anilines is 1. The second-order valence-corrected chi connectivity index (χ2v) is 7.40. The van der Waals surface area contributed by atoms with Crippen molar-refractivity contribution in [2.45, 2.75) is 39.2 Å². The smallest absolute Gasteiger partial charge is 0.345 e. The predicted molar refractivity (Wildman–Crippen MR) is 77.3 cm³/mol. The zero-order chi connectivity index (χ0) is 16.3. The van der Waals surface area contributed by atoms with Gasteiger partial charge in [-0.2, -0.15) is 0 Å². The van der Waals surface area contributed by atoms with E-state index in [1.165, 1.54) is 0 Å². The molecule has 1 aromatic rings. The summed E-state index contributed by atoms with van der Waals surface area (Å²) in [6.07, 6.45) is 2.09. The number of carbonyl (C=O) groups excluding carboxylic acids is 2. The van der Waals surface area contributed by atoms with Gasteiger partial charge in [-0.05, 0) is 31.1 Å². The average molecular weight is 325 g/mol. The summed E-state index contributed by atoms with van der Waals surface area (Å²) in [7, 11) is 0. The topological polar surface area (TPSA) is 111 Å². The van der Waals surface area contributed by atoms with Gasteiger partial charge in [-0.3, -0.25) is 25.0 Å². The number of hydrogen-bond acceptors (Lipinski definition) is 7. The zero-order valence-corrected chi connectivity index (χ0v) is 13.2. The number of carbonyl (C=O) groups is 2. The van der Waals surface area contributed by atoms with Crippen LogP contribution in [0.1, 0.15) is 33.6 Å². The zero-order valence-electron chi connectivity index (χ0n) is 12.3. The van der Waals surface area contributed by atoms with Crippen LogP contribution >= 0.6 is 11.3 Å². The van der Waals surface area contributed by atoms with Crippen LogP contribution in [0, 0.1) is 20.9 Å². The number of nitrogens with one attached hydrogen (secondary N) is 1. The Bertz CT molecular complexity index is 700. The Morgan fingerprint density at radius 2 is 2.14 bits per heavy atom. The van der Waals surface area contributed by atoms with Gasteiger partial charge in [0.2, 0.25) is 0 Å². The lowest BCUT2D eigenvalue weighted by Crippen LogP contribution is -2.50. The van der Waals surface area contributed by atoms with Gasteiger partial charge in [0.25, 0.3) is 5.91 Å². The van der Waals surface area contributed by atoms with Crippen LogP contribution in [0.5, 0.6) is 0 Å². The summed E-state index contributed by atoms with van der Waals surface area (Å²) in [5.41, 5.74) is -2.61. The fourth-order valence-corrected chi connectivity index (χ4v) is 3.98. The van der Waals surface area contributed by atoms with Gasteiger partial charge < -0.3 is 4.74 Å². The molecule has 22 heavy (non-hydrogen) atoms. The van der Waals surface area contributed by atoms with Crippen LogP contribution in [0.4, 0.5) is 10.1 Å². The van der Waals surface area contributed by atoms with Crippen LogP contribution in [0.25, 0.3) is 0 Å². The predicted octanol–water partition coefficient (Wildman–Crippen LogP) is 2.11. The third-order valence-corrected chi connectivity index (χ3v) is 6.21. The molecule has 2 fully saturated rings. The minimum absolute atomic E-state index is 0.124. The second-order valence-electron chi connectivity index (χ2n) is 6.39. The normalized spacial score (nSPS) is 31.9. The van der Waals surface area contributed by atoms with Gasteiger partial charge >= 0.3 is 11.0 Å². The van der Waals surface area contributed by atoms with E-state index in [9.17, 15) is 19.7 Å². The van der Waals surface area contributed by atoms with Gasteiger partial charge in [-0.15, -0.1) is 0 Å². The first-order valence-corrected chi connectivity index (χ1v) is 7.61. The maximum absolute atomic E-state index is 12.7. The lowest BCUT2D eigenvalue weighted by molar-refractivity contribution is -0.380. The Labute approximate surface area is 130 Å². The highest BCUT2D eigenvalue weighted by Gasteiger charge is 2.75. The van der Waals surface area contributed by atoms with E-state index < -0.39 is 27.3 Å². The Morgan fingerprint density at radius 1 is 1.45 bits per heavy atom. The molecule has 0 aromatic carbocycles. The Balaban J connectivity index is 1.89. The number of fused-ring (bicyclic) bond motifs is 2. The van der Waals surface area contributed by atoms with Crippen molar-refractivity contribution in [2.24, 2.45) is 10.8 Å². The van der Waals surface area contributed by atoms with Crippen molar-refractivity contribution in [2.75, 3.05) is 5.32 Å². The van der Waals surface area contributed by atoms with E-state index in [0.717, 1.165) is 17.5 Å². The fourth-order valence-electron chi connectivity index (χ4n) is 3.35. The SMILES string of the molecule is CC1(C)[C@@]2(C)CC[C@@]1(C(=O)Nc1ncc([N+](=O)[O-])s1)OC2=O. The molecule has 3 rings (SSSR count). The molecular weight excluding hydrogens is 310 g/mol. The van der Waals surface area contributed by atoms with Gasteiger partial charge in [0, 0.05) is 5.41 Å². The average Bonchev–Trinajstić information content (AvgIpc) is 3.00. The molecule has 2 heterocycles. The molecule has 1 aliphatic heterocycles. The number of ether oxygens (including phenoxy) is 1. The first kappa shape index (κ1) is 14.9. The Kier molecular flexibility index (Phi) is 2.88. The lowest BCUT2D eigenvalue weighted by atomic mass is 9.66. The van der Waals surface area contributed by atoms with Gasteiger partial charge in [0.05, 0.1) is 10.3 Å². The molecule has 1 saturated heterocycles. The molecule has 0 radical (unpaired) electrons. The number of esters is 1. The third kappa shape index (κ3) is 1.59. The highest BCUT2D eigenvalue weighted by molar-refractivity contribution is 7.18. The number of nitro groups is 1. The van der Waals surface area contributed by atoms with E-state index in [1.807, 2.05) is 20.8 Å². The molecule has 1 amide bonds. The maximum Gasteiger partial charge on any atom is 0.345 e. The first-order valence-electron chi connectivity index (χ1n) is 6.79.